The molecule has 7 heteroatoms. The number of ether oxygens (including phenoxy) is 2. The molecule has 0 aliphatic rings. The van der Waals surface area contributed by atoms with E-state index in [4.69, 9.17) is 9.47 Å². The van der Waals surface area contributed by atoms with Gasteiger partial charge in [-0.05, 0) is 63.8 Å². The number of phenols is 1. The molecule has 0 atom stereocenters. The number of halogens is 1. The van der Waals surface area contributed by atoms with Crippen molar-refractivity contribution in [3.63, 3.8) is 0 Å². The van der Waals surface area contributed by atoms with Crippen LogP contribution in [0, 0.1) is 0 Å². The number of carbonyl (C=O) groups is 1. The van der Waals surface area contributed by atoms with Gasteiger partial charge >= 0.3 is 0 Å². The molecule has 2 N–H and O–H groups in total. The summed E-state index contributed by atoms with van der Waals surface area (Å²) in [4.78, 5) is 11.8. The van der Waals surface area contributed by atoms with E-state index < -0.39 is 0 Å². The van der Waals surface area contributed by atoms with Crippen molar-refractivity contribution in [1.29, 1.82) is 0 Å². The summed E-state index contributed by atoms with van der Waals surface area (Å²) in [5.74, 6) is 0.576. The van der Waals surface area contributed by atoms with E-state index >= 15 is 0 Å². The summed E-state index contributed by atoms with van der Waals surface area (Å²) in [5, 5.41) is 13.5. The average molecular weight is 407 g/mol. The first-order chi connectivity index (χ1) is 12.0. The normalized spacial score (nSPS) is 10.7. The Morgan fingerprint density at radius 1 is 1.28 bits per heavy atom. The fourth-order valence-corrected chi connectivity index (χ4v) is 2.56. The number of nitrogens with zero attached hydrogens (tertiary/aromatic N) is 1. The van der Waals surface area contributed by atoms with Crippen LogP contribution < -0.4 is 14.9 Å². The molecule has 0 aliphatic carbocycles. The Morgan fingerprint density at radius 2 is 2.04 bits per heavy atom. The van der Waals surface area contributed by atoms with E-state index in [0.29, 0.717) is 17.1 Å². The summed E-state index contributed by atoms with van der Waals surface area (Å²) >= 11 is 3.42. The van der Waals surface area contributed by atoms with Gasteiger partial charge in [-0.3, -0.25) is 4.79 Å². The van der Waals surface area contributed by atoms with Gasteiger partial charge < -0.3 is 14.6 Å². The Labute approximate surface area is 154 Å². The smallest absolute Gasteiger partial charge is 0.277 e. The Morgan fingerprint density at radius 3 is 2.68 bits per heavy atom. The molecule has 2 aromatic carbocycles. The predicted octanol–water partition coefficient (Wildman–Crippen LogP) is 3.25. The van der Waals surface area contributed by atoms with Gasteiger partial charge in [0.15, 0.2) is 18.1 Å². The number of hydrazone groups is 1. The molecule has 0 fully saturated rings. The summed E-state index contributed by atoms with van der Waals surface area (Å²) in [6.45, 7) is 1.91. The highest BCUT2D eigenvalue weighted by molar-refractivity contribution is 9.10. The summed E-state index contributed by atoms with van der Waals surface area (Å²) in [7, 11) is 1.47. The fraction of sp³-hybridized carbons (Fsp3) is 0.222. The van der Waals surface area contributed by atoms with Crippen molar-refractivity contribution in [2.75, 3.05) is 13.7 Å². The number of phenolic OH excluding ortho intramolecular Hbond substituents is 1. The average Bonchev–Trinajstić information content (AvgIpc) is 2.60. The third kappa shape index (κ3) is 5.49. The van der Waals surface area contributed by atoms with E-state index in [9.17, 15) is 9.90 Å². The van der Waals surface area contributed by atoms with Crippen LogP contribution in [0.25, 0.3) is 0 Å². The number of nitrogens with one attached hydrogen (secondary N) is 1. The van der Waals surface area contributed by atoms with Crippen LogP contribution in [0.4, 0.5) is 0 Å². The third-order valence-corrected chi connectivity index (χ3v) is 3.99. The number of methoxy groups -OCH3 is 1. The minimum Gasteiger partial charge on any atom is -0.504 e. The molecule has 0 unspecified atom stereocenters. The zero-order valence-electron chi connectivity index (χ0n) is 14.0. The zero-order valence-corrected chi connectivity index (χ0v) is 15.5. The highest BCUT2D eigenvalue weighted by atomic mass is 79.9. The number of benzene rings is 2. The van der Waals surface area contributed by atoms with Gasteiger partial charge in [0.2, 0.25) is 0 Å². The highest BCUT2D eigenvalue weighted by Crippen LogP contribution is 2.26. The molecule has 0 saturated heterocycles. The van der Waals surface area contributed by atoms with E-state index in [1.165, 1.54) is 25.0 Å². The monoisotopic (exact) mass is 406 g/mol. The molecule has 0 saturated carbocycles. The molecule has 132 valence electrons. The van der Waals surface area contributed by atoms with Gasteiger partial charge in [-0.2, -0.15) is 5.10 Å². The standard InChI is InChI=1S/C18H19BrN2O4/c1-3-12-4-6-16(14(19)8-12)25-11-18(23)21-20-10-13-5-7-17(24-2)15(22)9-13/h4-10,22H,3,11H2,1-2H3,(H,21,23). The molecular weight excluding hydrogens is 388 g/mol. The molecule has 0 radical (unpaired) electrons. The van der Waals surface area contributed by atoms with Crippen molar-refractivity contribution in [3.8, 4) is 17.2 Å². The lowest BCUT2D eigenvalue weighted by Gasteiger charge is -2.08. The van der Waals surface area contributed by atoms with Gasteiger partial charge in [0.05, 0.1) is 17.8 Å². The molecule has 25 heavy (non-hydrogen) atoms. The van der Waals surface area contributed by atoms with Crippen molar-refractivity contribution >= 4 is 28.1 Å². The second-order valence-corrected chi connectivity index (χ2v) is 5.99. The summed E-state index contributed by atoms with van der Waals surface area (Å²) in [6.07, 6.45) is 2.35. The van der Waals surface area contributed by atoms with E-state index in [0.717, 1.165) is 10.9 Å². The van der Waals surface area contributed by atoms with E-state index in [2.05, 4.69) is 33.4 Å². The minimum absolute atomic E-state index is 0.00138. The van der Waals surface area contributed by atoms with Crippen LogP contribution in [0.1, 0.15) is 18.1 Å². The van der Waals surface area contributed by atoms with Gasteiger partial charge in [-0.15, -0.1) is 0 Å². The van der Waals surface area contributed by atoms with Crippen LogP contribution in [0.2, 0.25) is 0 Å². The molecule has 1 amide bonds. The number of aromatic hydroxyl groups is 1. The topological polar surface area (TPSA) is 80.2 Å². The van der Waals surface area contributed by atoms with Crippen molar-refractivity contribution in [3.05, 3.63) is 52.0 Å². The van der Waals surface area contributed by atoms with Crippen LogP contribution >= 0.6 is 15.9 Å². The third-order valence-electron chi connectivity index (χ3n) is 3.37. The summed E-state index contributed by atoms with van der Waals surface area (Å²) < 4.78 is 11.2. The van der Waals surface area contributed by atoms with Crippen LogP contribution in [0.5, 0.6) is 17.2 Å². The van der Waals surface area contributed by atoms with Gasteiger partial charge in [0.25, 0.3) is 5.91 Å². The first kappa shape index (κ1) is 18.8. The fourth-order valence-electron chi connectivity index (χ4n) is 2.02. The van der Waals surface area contributed by atoms with Crippen molar-refractivity contribution in [2.24, 2.45) is 5.10 Å². The highest BCUT2D eigenvalue weighted by Gasteiger charge is 2.06. The van der Waals surface area contributed by atoms with Crippen LogP contribution in [-0.2, 0) is 11.2 Å². The summed E-state index contributed by atoms with van der Waals surface area (Å²) in [5.41, 5.74) is 4.17. The van der Waals surface area contributed by atoms with Gasteiger partial charge in [0.1, 0.15) is 5.75 Å². The predicted molar refractivity (Wildman–Crippen MR) is 99.4 cm³/mol. The maximum absolute atomic E-state index is 11.8. The molecule has 2 rings (SSSR count). The lowest BCUT2D eigenvalue weighted by Crippen LogP contribution is -2.24. The maximum Gasteiger partial charge on any atom is 0.277 e. The summed E-state index contributed by atoms with van der Waals surface area (Å²) in [6, 6.07) is 10.5. The SMILES string of the molecule is CCc1ccc(OCC(=O)NN=Cc2ccc(OC)c(O)c2)c(Br)c1. The number of aryl methyl sites for hydroxylation is 1. The van der Waals surface area contributed by atoms with E-state index in [1.54, 1.807) is 12.1 Å². The Hall–Kier alpha value is -2.54. The second kappa shape index (κ2) is 9.08. The molecule has 0 heterocycles. The largest absolute Gasteiger partial charge is 0.504 e. The van der Waals surface area contributed by atoms with Crippen LogP contribution in [-0.4, -0.2) is 30.9 Å². The van der Waals surface area contributed by atoms with Crippen molar-refractivity contribution < 1.29 is 19.4 Å². The van der Waals surface area contributed by atoms with Crippen molar-refractivity contribution in [1.82, 2.24) is 5.43 Å². The molecule has 2 aromatic rings. The van der Waals surface area contributed by atoms with E-state index in [1.807, 2.05) is 18.2 Å². The molecular formula is C18H19BrN2O4. The quantitative estimate of drug-likeness (QED) is 0.546. The first-order valence-electron chi connectivity index (χ1n) is 7.63. The number of rotatable bonds is 7. The van der Waals surface area contributed by atoms with E-state index in [-0.39, 0.29) is 18.3 Å². The van der Waals surface area contributed by atoms with Crippen LogP contribution in [0.15, 0.2) is 46.0 Å². The zero-order chi connectivity index (χ0) is 18.2. The Kier molecular flexibility index (Phi) is 6.82. The number of hydrogen-bond donors (Lipinski definition) is 2. The lowest BCUT2D eigenvalue weighted by molar-refractivity contribution is -0.123. The van der Waals surface area contributed by atoms with Gasteiger partial charge in [-0.25, -0.2) is 5.43 Å². The molecule has 0 aromatic heterocycles. The molecule has 0 bridgehead atoms. The van der Waals surface area contributed by atoms with Gasteiger partial charge in [0, 0.05) is 0 Å². The maximum atomic E-state index is 11.8. The van der Waals surface area contributed by atoms with Crippen LogP contribution in [0.3, 0.4) is 0 Å². The lowest BCUT2D eigenvalue weighted by atomic mass is 10.2. The Balaban J connectivity index is 1.85. The first-order valence-corrected chi connectivity index (χ1v) is 8.43. The molecule has 6 nitrogen and oxygen atoms in total. The minimum atomic E-state index is -0.388. The van der Waals surface area contributed by atoms with Crippen molar-refractivity contribution in [2.45, 2.75) is 13.3 Å². The second-order valence-electron chi connectivity index (χ2n) is 5.13. The number of amides is 1. The molecule has 0 aliphatic heterocycles. The molecule has 0 spiro atoms. The number of carbonyl (C=O) groups excluding carboxylic acids is 1. The van der Waals surface area contributed by atoms with Gasteiger partial charge in [-0.1, -0.05) is 13.0 Å². The Bertz CT molecular complexity index is 778. The number of hydrogen-bond acceptors (Lipinski definition) is 5.